The summed E-state index contributed by atoms with van der Waals surface area (Å²) in [6.45, 7) is 0.309. The number of hydrogen-bond acceptors (Lipinski definition) is 4. The predicted molar refractivity (Wildman–Crippen MR) is 114 cm³/mol. The number of carbonyl (C=O) groups excluding carboxylic acids is 1. The Morgan fingerprint density at radius 1 is 1.03 bits per heavy atom. The molecule has 29 heavy (non-hydrogen) atoms. The van der Waals surface area contributed by atoms with Gasteiger partial charge in [0.15, 0.2) is 0 Å². The first-order chi connectivity index (χ1) is 14.1. The van der Waals surface area contributed by atoms with Crippen molar-refractivity contribution >= 4 is 23.8 Å². The lowest BCUT2D eigenvalue weighted by molar-refractivity contribution is -0.136. The molecule has 1 fully saturated rings. The molecule has 2 unspecified atom stereocenters. The zero-order chi connectivity index (χ0) is 20.2. The summed E-state index contributed by atoms with van der Waals surface area (Å²) < 4.78 is 5.64. The number of ether oxygens (including phenoxy) is 1. The summed E-state index contributed by atoms with van der Waals surface area (Å²) in [6.07, 6.45) is 2.72. The molecule has 6 heteroatoms. The number of hydrogen-bond donors (Lipinski definition) is 2. The first kappa shape index (κ1) is 19.8. The largest absolute Gasteiger partial charge is 0.481 e. The van der Waals surface area contributed by atoms with Crippen molar-refractivity contribution in [3.63, 3.8) is 0 Å². The van der Waals surface area contributed by atoms with E-state index in [1.54, 1.807) is 11.8 Å². The van der Waals surface area contributed by atoms with E-state index in [1.165, 1.54) is 22.3 Å². The van der Waals surface area contributed by atoms with Gasteiger partial charge in [-0.15, -0.1) is 0 Å². The molecule has 2 aromatic rings. The Morgan fingerprint density at radius 3 is 2.34 bits per heavy atom. The molecule has 0 heterocycles. The van der Waals surface area contributed by atoms with Gasteiger partial charge in [0.05, 0.1) is 6.42 Å². The average molecular weight is 412 g/mol. The van der Waals surface area contributed by atoms with E-state index in [0.29, 0.717) is 12.4 Å². The number of carbonyl (C=O) groups is 2. The van der Waals surface area contributed by atoms with E-state index in [4.69, 9.17) is 9.84 Å². The minimum Gasteiger partial charge on any atom is -0.481 e. The van der Waals surface area contributed by atoms with Crippen LogP contribution in [0.1, 0.15) is 42.7 Å². The minimum absolute atomic E-state index is 0.0458. The molecule has 4 rings (SSSR count). The third-order valence-electron chi connectivity index (χ3n) is 5.75. The van der Waals surface area contributed by atoms with E-state index in [2.05, 4.69) is 29.6 Å². The van der Waals surface area contributed by atoms with E-state index >= 15 is 0 Å². The summed E-state index contributed by atoms with van der Waals surface area (Å²) in [5.41, 5.74) is 4.82. The van der Waals surface area contributed by atoms with Gasteiger partial charge in [-0.1, -0.05) is 55.0 Å². The van der Waals surface area contributed by atoms with Crippen LogP contribution in [0.2, 0.25) is 0 Å². The van der Waals surface area contributed by atoms with Crippen LogP contribution in [-0.4, -0.2) is 40.8 Å². The summed E-state index contributed by atoms with van der Waals surface area (Å²) in [6, 6.07) is 16.6. The molecule has 5 nitrogen and oxygen atoms in total. The lowest BCUT2D eigenvalue weighted by Crippen LogP contribution is -2.39. The van der Waals surface area contributed by atoms with Gasteiger partial charge in [0.1, 0.15) is 6.61 Å². The van der Waals surface area contributed by atoms with Crippen LogP contribution in [0.3, 0.4) is 0 Å². The summed E-state index contributed by atoms with van der Waals surface area (Å²) in [4.78, 5) is 23.2. The second-order valence-corrected chi connectivity index (χ2v) is 8.91. The fourth-order valence-electron chi connectivity index (χ4n) is 4.38. The highest BCUT2D eigenvalue weighted by atomic mass is 32.2. The Hall–Kier alpha value is -2.47. The molecular weight excluding hydrogens is 386 g/mol. The molecule has 0 radical (unpaired) electrons. The zero-order valence-corrected chi connectivity index (χ0v) is 17.0. The van der Waals surface area contributed by atoms with E-state index in [1.807, 2.05) is 24.3 Å². The fourth-order valence-corrected chi connectivity index (χ4v) is 5.74. The standard InChI is InChI=1S/C23H25NO4S/c25-22(26)12-13-29-21-11-5-10-20(21)24-23(27)28-14-19-17-8-3-1-6-15(17)16-7-2-4-9-18(16)19/h1-4,6-9,19-21H,5,10-14H2,(H,24,27)(H,25,26). The lowest BCUT2D eigenvalue weighted by atomic mass is 9.98. The van der Waals surface area contributed by atoms with Crippen LogP contribution in [0.4, 0.5) is 4.79 Å². The molecule has 1 saturated carbocycles. The lowest BCUT2D eigenvalue weighted by Gasteiger charge is -2.21. The average Bonchev–Trinajstić information content (AvgIpc) is 3.28. The second kappa shape index (κ2) is 8.91. The van der Waals surface area contributed by atoms with Gasteiger partial charge in [-0.3, -0.25) is 4.79 Å². The number of fused-ring (bicyclic) bond motifs is 3. The van der Waals surface area contributed by atoms with Crippen LogP contribution in [-0.2, 0) is 9.53 Å². The molecular formula is C23H25NO4S. The van der Waals surface area contributed by atoms with Crippen molar-refractivity contribution in [1.29, 1.82) is 0 Å². The quantitative estimate of drug-likeness (QED) is 0.693. The normalized spacial score (nSPS) is 20.1. The number of aliphatic carboxylic acids is 1. The van der Waals surface area contributed by atoms with Crippen molar-refractivity contribution in [2.45, 2.75) is 42.9 Å². The topological polar surface area (TPSA) is 75.6 Å². The van der Waals surface area contributed by atoms with E-state index < -0.39 is 5.97 Å². The monoisotopic (exact) mass is 411 g/mol. The Kier molecular flexibility index (Phi) is 6.09. The summed E-state index contributed by atoms with van der Waals surface area (Å²) in [7, 11) is 0. The van der Waals surface area contributed by atoms with Crippen molar-refractivity contribution in [3.05, 3.63) is 59.7 Å². The zero-order valence-electron chi connectivity index (χ0n) is 16.2. The Morgan fingerprint density at radius 2 is 1.69 bits per heavy atom. The number of rotatable bonds is 7. The van der Waals surface area contributed by atoms with Crippen molar-refractivity contribution in [3.8, 4) is 11.1 Å². The maximum Gasteiger partial charge on any atom is 0.407 e. The maximum atomic E-state index is 12.5. The van der Waals surface area contributed by atoms with E-state index in [-0.39, 0.29) is 29.7 Å². The van der Waals surface area contributed by atoms with Crippen LogP contribution in [0.15, 0.2) is 48.5 Å². The first-order valence-corrected chi connectivity index (χ1v) is 11.1. The van der Waals surface area contributed by atoms with Crippen LogP contribution < -0.4 is 5.32 Å². The number of carboxylic acid groups (broad SMARTS) is 1. The first-order valence-electron chi connectivity index (χ1n) is 10.1. The van der Waals surface area contributed by atoms with Gasteiger partial charge in [0, 0.05) is 23.0 Å². The molecule has 2 aromatic carbocycles. The highest BCUT2D eigenvalue weighted by Gasteiger charge is 2.31. The number of thioether (sulfide) groups is 1. The highest BCUT2D eigenvalue weighted by molar-refractivity contribution is 8.00. The van der Waals surface area contributed by atoms with E-state index in [9.17, 15) is 9.59 Å². The van der Waals surface area contributed by atoms with Crippen LogP contribution in [0, 0.1) is 0 Å². The van der Waals surface area contributed by atoms with Crippen LogP contribution in [0.25, 0.3) is 11.1 Å². The second-order valence-electron chi connectivity index (χ2n) is 7.56. The molecule has 152 valence electrons. The smallest absolute Gasteiger partial charge is 0.407 e. The summed E-state index contributed by atoms with van der Waals surface area (Å²) in [5, 5.41) is 12.1. The number of nitrogens with one attached hydrogen (secondary N) is 1. The Labute approximate surface area is 174 Å². The van der Waals surface area contributed by atoms with Gasteiger partial charge in [-0.25, -0.2) is 4.79 Å². The minimum atomic E-state index is -0.781. The third kappa shape index (κ3) is 4.42. The van der Waals surface area contributed by atoms with Gasteiger partial charge in [0.2, 0.25) is 0 Å². The van der Waals surface area contributed by atoms with Crippen molar-refractivity contribution in [1.82, 2.24) is 5.32 Å². The molecule has 0 aliphatic heterocycles. The molecule has 0 bridgehead atoms. The van der Waals surface area contributed by atoms with Crippen molar-refractivity contribution in [2.24, 2.45) is 0 Å². The van der Waals surface area contributed by atoms with Gasteiger partial charge in [-0.05, 0) is 35.1 Å². The van der Waals surface area contributed by atoms with Crippen LogP contribution in [0.5, 0.6) is 0 Å². The highest BCUT2D eigenvalue weighted by Crippen LogP contribution is 2.44. The number of carboxylic acids is 1. The number of amides is 1. The van der Waals surface area contributed by atoms with Crippen molar-refractivity contribution in [2.75, 3.05) is 12.4 Å². The molecule has 0 spiro atoms. The van der Waals surface area contributed by atoms with Gasteiger partial charge in [-0.2, -0.15) is 11.8 Å². The molecule has 1 amide bonds. The SMILES string of the molecule is O=C(O)CCSC1CCCC1NC(=O)OCC1c2ccccc2-c2ccccc21. The molecule has 2 aliphatic rings. The molecule has 2 atom stereocenters. The molecule has 2 N–H and O–H groups in total. The Bertz CT molecular complexity index is 854. The summed E-state index contributed by atoms with van der Waals surface area (Å²) in [5.74, 6) is -0.155. The summed E-state index contributed by atoms with van der Waals surface area (Å²) >= 11 is 1.64. The molecule has 0 saturated heterocycles. The molecule has 0 aromatic heterocycles. The fraction of sp³-hybridized carbons (Fsp3) is 0.391. The molecule has 2 aliphatic carbocycles. The van der Waals surface area contributed by atoms with Crippen molar-refractivity contribution < 1.29 is 19.4 Å². The van der Waals surface area contributed by atoms with Gasteiger partial charge in [0.25, 0.3) is 0 Å². The Balaban J connectivity index is 1.35. The third-order valence-corrected chi connectivity index (χ3v) is 7.18. The number of benzene rings is 2. The van der Waals surface area contributed by atoms with Crippen LogP contribution >= 0.6 is 11.8 Å². The van der Waals surface area contributed by atoms with Gasteiger partial charge < -0.3 is 15.2 Å². The maximum absolute atomic E-state index is 12.5. The number of alkyl carbamates (subject to hydrolysis) is 1. The van der Waals surface area contributed by atoms with E-state index in [0.717, 1.165) is 19.3 Å². The van der Waals surface area contributed by atoms with Gasteiger partial charge >= 0.3 is 12.1 Å². The predicted octanol–water partition coefficient (Wildman–Crippen LogP) is 4.65.